The molecular weight excluding hydrogens is 440 g/mol. The molecule has 0 aliphatic heterocycles. The van der Waals surface area contributed by atoms with Crippen molar-refractivity contribution in [1.82, 2.24) is 5.32 Å². The van der Waals surface area contributed by atoms with E-state index in [0.29, 0.717) is 18.0 Å². The van der Waals surface area contributed by atoms with Crippen molar-refractivity contribution in [2.45, 2.75) is 44.2 Å². The van der Waals surface area contributed by atoms with Crippen LogP contribution in [0.1, 0.15) is 52.2 Å². The molecule has 1 fully saturated rings. The van der Waals surface area contributed by atoms with Crippen molar-refractivity contribution < 1.29 is 19.8 Å². The molecule has 1 aliphatic rings. The molecule has 5 N–H and O–H groups in total. The third kappa shape index (κ3) is 6.15. The Balaban J connectivity index is 1.40. The Kier molecular flexibility index (Phi) is 7.95. The number of amides is 1. The molecule has 1 aliphatic carbocycles. The predicted octanol–water partition coefficient (Wildman–Crippen LogP) is 4.11. The first kappa shape index (κ1) is 24.6. The van der Waals surface area contributed by atoms with Crippen LogP contribution in [0.4, 0.5) is 0 Å². The molecule has 4 rings (SSSR count). The average molecular weight is 473 g/mol. The van der Waals surface area contributed by atoms with Crippen molar-refractivity contribution in [1.29, 1.82) is 0 Å². The molecule has 0 radical (unpaired) electrons. The Morgan fingerprint density at radius 1 is 0.886 bits per heavy atom. The van der Waals surface area contributed by atoms with Crippen LogP contribution in [0.3, 0.4) is 0 Å². The first-order valence-electron chi connectivity index (χ1n) is 12.1. The van der Waals surface area contributed by atoms with E-state index in [1.165, 1.54) is 24.8 Å². The van der Waals surface area contributed by atoms with Crippen LogP contribution in [0, 0.1) is 5.92 Å². The second-order valence-electron chi connectivity index (χ2n) is 9.33. The van der Waals surface area contributed by atoms with Gasteiger partial charge in [0.15, 0.2) is 0 Å². The zero-order valence-corrected chi connectivity index (χ0v) is 19.7. The summed E-state index contributed by atoms with van der Waals surface area (Å²) in [5, 5.41) is 21.3. The zero-order chi connectivity index (χ0) is 24.8. The summed E-state index contributed by atoms with van der Waals surface area (Å²) in [5.74, 6) is -0.360. The fraction of sp³-hybridized carbons (Fsp3) is 0.310. The number of carbonyl (C=O) groups excluding carboxylic acids is 1. The monoisotopic (exact) mass is 472 g/mol. The fourth-order valence-corrected chi connectivity index (χ4v) is 4.56. The lowest BCUT2D eigenvalue weighted by atomic mass is 9.73. The molecule has 35 heavy (non-hydrogen) atoms. The molecule has 0 spiro atoms. The topological polar surface area (TPSA) is 113 Å². The van der Waals surface area contributed by atoms with Gasteiger partial charge in [0.05, 0.1) is 6.61 Å². The van der Waals surface area contributed by atoms with E-state index >= 15 is 0 Å². The number of aliphatic hydroxyl groups excluding tert-OH is 1. The molecule has 0 heterocycles. The predicted molar refractivity (Wildman–Crippen MR) is 136 cm³/mol. The van der Waals surface area contributed by atoms with Gasteiger partial charge in [-0.15, -0.1) is 0 Å². The van der Waals surface area contributed by atoms with Gasteiger partial charge in [0.1, 0.15) is 6.04 Å². The Morgan fingerprint density at radius 2 is 1.46 bits per heavy atom. The number of hydrogen-bond acceptors (Lipinski definition) is 4. The first-order chi connectivity index (χ1) is 16.9. The van der Waals surface area contributed by atoms with Crippen LogP contribution >= 0.6 is 0 Å². The second-order valence-corrected chi connectivity index (χ2v) is 9.33. The highest BCUT2D eigenvalue weighted by molar-refractivity contribution is 5.94. The molecule has 6 heteroatoms. The molecular formula is C29H32N2O4. The first-order valence-corrected chi connectivity index (χ1v) is 12.1. The summed E-state index contributed by atoms with van der Waals surface area (Å²) in [6, 6.07) is 22.5. The third-order valence-electron chi connectivity index (χ3n) is 7.00. The number of carboxylic acids is 1. The Labute approximate surface area is 205 Å². The van der Waals surface area contributed by atoms with E-state index in [1.54, 1.807) is 24.3 Å². The quantitative estimate of drug-likeness (QED) is 0.355. The summed E-state index contributed by atoms with van der Waals surface area (Å²) < 4.78 is 0. The minimum atomic E-state index is -1.04. The molecule has 0 bridgehead atoms. The molecule has 1 amide bonds. The van der Waals surface area contributed by atoms with Crippen LogP contribution in [0.25, 0.3) is 11.1 Å². The maximum Gasteiger partial charge on any atom is 0.320 e. The van der Waals surface area contributed by atoms with E-state index in [2.05, 4.69) is 29.6 Å². The highest BCUT2D eigenvalue weighted by Crippen LogP contribution is 2.39. The van der Waals surface area contributed by atoms with E-state index in [9.17, 15) is 14.7 Å². The minimum Gasteiger partial charge on any atom is -0.480 e. The molecule has 0 aromatic heterocycles. The molecule has 2 atom stereocenters. The number of rotatable bonds is 10. The van der Waals surface area contributed by atoms with Gasteiger partial charge in [0.2, 0.25) is 0 Å². The zero-order valence-electron chi connectivity index (χ0n) is 19.7. The van der Waals surface area contributed by atoms with Gasteiger partial charge in [0, 0.05) is 18.0 Å². The molecule has 182 valence electrons. The van der Waals surface area contributed by atoms with Crippen molar-refractivity contribution in [2.24, 2.45) is 11.7 Å². The molecule has 0 saturated heterocycles. The van der Waals surface area contributed by atoms with Gasteiger partial charge in [-0.3, -0.25) is 9.59 Å². The second kappa shape index (κ2) is 11.3. The van der Waals surface area contributed by atoms with Crippen molar-refractivity contribution in [2.75, 3.05) is 6.54 Å². The number of carbonyl (C=O) groups is 2. The standard InChI is InChI=1S/C29H32N2O4/c30-27(29(34)35)16-19-4-10-25(11-5-19)28(33)31-17-26(23-2-1-3-23)24-14-12-22(13-15-24)21-8-6-20(18-32)7-9-21/h4-15,23,26-27,32H,1-3,16-18,30H2,(H,31,33)(H,34,35)/t26-,27+/m1/s1. The largest absolute Gasteiger partial charge is 0.480 e. The van der Waals surface area contributed by atoms with Crippen molar-refractivity contribution in [3.05, 3.63) is 95.1 Å². The summed E-state index contributed by atoms with van der Waals surface area (Å²) in [7, 11) is 0. The van der Waals surface area contributed by atoms with Crippen LogP contribution in [-0.2, 0) is 17.8 Å². The van der Waals surface area contributed by atoms with Crippen LogP contribution < -0.4 is 11.1 Å². The van der Waals surface area contributed by atoms with Crippen molar-refractivity contribution in [3.8, 4) is 11.1 Å². The maximum absolute atomic E-state index is 12.8. The van der Waals surface area contributed by atoms with Gasteiger partial charge >= 0.3 is 5.97 Å². The fourth-order valence-electron chi connectivity index (χ4n) is 4.56. The van der Waals surface area contributed by atoms with Crippen LogP contribution in [0.2, 0.25) is 0 Å². The smallest absolute Gasteiger partial charge is 0.320 e. The average Bonchev–Trinajstić information content (AvgIpc) is 2.85. The number of hydrogen-bond donors (Lipinski definition) is 4. The van der Waals surface area contributed by atoms with E-state index in [0.717, 1.165) is 22.3 Å². The summed E-state index contributed by atoms with van der Waals surface area (Å²) in [6.07, 6.45) is 3.79. The lowest BCUT2D eigenvalue weighted by Gasteiger charge is -2.34. The highest BCUT2D eigenvalue weighted by Gasteiger charge is 2.29. The minimum absolute atomic E-state index is 0.0387. The van der Waals surface area contributed by atoms with Crippen LogP contribution in [-0.4, -0.2) is 34.7 Å². The van der Waals surface area contributed by atoms with Crippen LogP contribution in [0.5, 0.6) is 0 Å². The van der Waals surface area contributed by atoms with Gasteiger partial charge in [-0.2, -0.15) is 0 Å². The van der Waals surface area contributed by atoms with Gasteiger partial charge in [-0.1, -0.05) is 67.1 Å². The number of aliphatic hydroxyl groups is 1. The van der Waals surface area contributed by atoms with Gasteiger partial charge < -0.3 is 21.3 Å². The molecule has 6 nitrogen and oxygen atoms in total. The summed E-state index contributed by atoms with van der Waals surface area (Å²) in [4.78, 5) is 23.7. The van der Waals surface area contributed by atoms with Gasteiger partial charge in [0.25, 0.3) is 5.91 Å². The van der Waals surface area contributed by atoms with E-state index < -0.39 is 12.0 Å². The Morgan fingerprint density at radius 3 is 1.97 bits per heavy atom. The number of nitrogens with two attached hydrogens (primary N) is 1. The van der Waals surface area contributed by atoms with Crippen LogP contribution in [0.15, 0.2) is 72.8 Å². The summed E-state index contributed by atoms with van der Waals surface area (Å²) >= 11 is 0. The van der Waals surface area contributed by atoms with Gasteiger partial charge in [-0.05, 0) is 65.1 Å². The van der Waals surface area contributed by atoms with E-state index in [1.807, 2.05) is 24.3 Å². The number of benzene rings is 3. The molecule has 1 saturated carbocycles. The van der Waals surface area contributed by atoms with Crippen molar-refractivity contribution >= 4 is 11.9 Å². The van der Waals surface area contributed by atoms with E-state index in [-0.39, 0.29) is 24.9 Å². The lowest BCUT2D eigenvalue weighted by molar-refractivity contribution is -0.138. The maximum atomic E-state index is 12.8. The Hall–Kier alpha value is -3.48. The van der Waals surface area contributed by atoms with Crippen molar-refractivity contribution in [3.63, 3.8) is 0 Å². The SMILES string of the molecule is N[C@@H](Cc1ccc(C(=O)NC[C@@H](c2ccc(-c3ccc(CO)cc3)cc2)C2CCC2)cc1)C(=O)O. The number of nitrogens with one attached hydrogen (secondary N) is 1. The molecule has 3 aromatic carbocycles. The summed E-state index contributed by atoms with van der Waals surface area (Å²) in [5.41, 5.74) is 11.3. The number of aliphatic carboxylic acids is 1. The van der Waals surface area contributed by atoms with Gasteiger partial charge in [-0.25, -0.2) is 0 Å². The molecule has 3 aromatic rings. The lowest BCUT2D eigenvalue weighted by Crippen LogP contribution is -2.34. The van der Waals surface area contributed by atoms with E-state index in [4.69, 9.17) is 10.8 Å². The highest BCUT2D eigenvalue weighted by atomic mass is 16.4. The third-order valence-corrected chi connectivity index (χ3v) is 7.00. The summed E-state index contributed by atoms with van der Waals surface area (Å²) in [6.45, 7) is 0.608. The number of carboxylic acid groups (broad SMARTS) is 1. The molecule has 0 unspecified atom stereocenters. The Bertz CT molecular complexity index is 1140. The normalized spacial score (nSPS) is 15.1.